The smallest absolute Gasteiger partial charge is 0.156 e. The van der Waals surface area contributed by atoms with E-state index in [-0.39, 0.29) is 0 Å². The highest BCUT2D eigenvalue weighted by atomic mass is 15.2. The van der Waals surface area contributed by atoms with E-state index in [4.69, 9.17) is 0 Å². The second-order valence-corrected chi connectivity index (χ2v) is 5.52. The number of anilines is 1. The molecule has 3 nitrogen and oxygen atoms in total. The molecular weight excluding hydrogens is 210 g/mol. The molecule has 0 radical (unpaired) electrons. The monoisotopic (exact) mass is 229 g/mol. The van der Waals surface area contributed by atoms with Crippen LogP contribution in [-0.2, 0) is 0 Å². The van der Waals surface area contributed by atoms with Crippen molar-refractivity contribution in [1.82, 2.24) is 10.2 Å². The van der Waals surface area contributed by atoms with Gasteiger partial charge in [0, 0.05) is 17.3 Å². The predicted molar refractivity (Wildman–Crippen MR) is 72.1 cm³/mol. The quantitative estimate of drug-likeness (QED) is 0.875. The first kappa shape index (κ1) is 11.8. The number of nitrogens with one attached hydrogen (secondary N) is 1. The topological polar surface area (TPSA) is 37.8 Å². The number of hydrogen-bond donors (Lipinski definition) is 1. The molecule has 2 rings (SSSR count). The van der Waals surface area contributed by atoms with Crippen molar-refractivity contribution in [3.8, 4) is 0 Å². The molecule has 0 fully saturated rings. The Morgan fingerprint density at radius 2 is 1.94 bits per heavy atom. The van der Waals surface area contributed by atoms with Crippen LogP contribution in [0.5, 0.6) is 0 Å². The molecule has 2 aromatic rings. The molecule has 1 aromatic heterocycles. The zero-order valence-corrected chi connectivity index (χ0v) is 10.7. The maximum absolute atomic E-state index is 4.17. The van der Waals surface area contributed by atoms with E-state index >= 15 is 0 Å². The van der Waals surface area contributed by atoms with Crippen LogP contribution in [0.15, 0.2) is 30.5 Å². The van der Waals surface area contributed by atoms with E-state index in [1.54, 1.807) is 6.20 Å². The van der Waals surface area contributed by atoms with E-state index < -0.39 is 0 Å². The molecule has 0 atom stereocenters. The van der Waals surface area contributed by atoms with Crippen molar-refractivity contribution in [2.75, 3.05) is 11.9 Å². The summed E-state index contributed by atoms with van der Waals surface area (Å²) in [5, 5.41) is 13.8. The molecule has 0 aliphatic carbocycles. The molecule has 1 heterocycles. The fourth-order valence-corrected chi connectivity index (χ4v) is 1.71. The van der Waals surface area contributed by atoms with Gasteiger partial charge < -0.3 is 5.32 Å². The highest BCUT2D eigenvalue weighted by molar-refractivity contribution is 5.90. The summed E-state index contributed by atoms with van der Waals surface area (Å²) in [6, 6.07) is 8.17. The third-order valence-corrected chi connectivity index (χ3v) is 2.74. The normalized spacial score (nSPS) is 11.7. The third kappa shape index (κ3) is 3.16. The Labute approximate surface area is 102 Å². The van der Waals surface area contributed by atoms with Crippen molar-refractivity contribution in [2.45, 2.75) is 27.2 Å². The molecule has 1 N–H and O–H groups in total. The van der Waals surface area contributed by atoms with Gasteiger partial charge in [-0.25, -0.2) is 0 Å². The zero-order chi connectivity index (χ0) is 12.3. The van der Waals surface area contributed by atoms with Crippen molar-refractivity contribution in [1.29, 1.82) is 0 Å². The molecule has 0 amide bonds. The van der Waals surface area contributed by atoms with Crippen LogP contribution in [0.3, 0.4) is 0 Å². The molecule has 0 spiro atoms. The van der Waals surface area contributed by atoms with Gasteiger partial charge in [-0.15, -0.1) is 5.10 Å². The summed E-state index contributed by atoms with van der Waals surface area (Å²) in [4.78, 5) is 0. The van der Waals surface area contributed by atoms with Gasteiger partial charge in [0.2, 0.25) is 0 Å². The molecule has 17 heavy (non-hydrogen) atoms. The van der Waals surface area contributed by atoms with Crippen molar-refractivity contribution in [2.24, 2.45) is 5.41 Å². The second-order valence-electron chi connectivity index (χ2n) is 5.52. The SMILES string of the molecule is CC(C)(C)CCNc1nncc2ccccc12. The van der Waals surface area contributed by atoms with Gasteiger partial charge in [-0.05, 0) is 11.8 Å². The Morgan fingerprint density at radius 1 is 1.18 bits per heavy atom. The summed E-state index contributed by atoms with van der Waals surface area (Å²) in [7, 11) is 0. The van der Waals surface area contributed by atoms with Crippen molar-refractivity contribution in [3.05, 3.63) is 30.5 Å². The summed E-state index contributed by atoms with van der Waals surface area (Å²) in [5.41, 5.74) is 0.338. The number of benzene rings is 1. The Morgan fingerprint density at radius 3 is 2.71 bits per heavy atom. The maximum atomic E-state index is 4.17. The molecular formula is C14H19N3. The van der Waals surface area contributed by atoms with Gasteiger partial charge in [0.1, 0.15) is 0 Å². The van der Waals surface area contributed by atoms with Gasteiger partial charge in [-0.3, -0.25) is 0 Å². The highest BCUT2D eigenvalue weighted by Gasteiger charge is 2.10. The van der Waals surface area contributed by atoms with Crippen LogP contribution in [0.25, 0.3) is 10.8 Å². The zero-order valence-electron chi connectivity index (χ0n) is 10.7. The van der Waals surface area contributed by atoms with E-state index in [1.165, 1.54) is 0 Å². The summed E-state index contributed by atoms with van der Waals surface area (Å²) >= 11 is 0. The molecule has 0 saturated heterocycles. The minimum Gasteiger partial charge on any atom is -0.368 e. The van der Waals surface area contributed by atoms with E-state index in [0.717, 1.165) is 29.6 Å². The average Bonchev–Trinajstić information content (AvgIpc) is 2.28. The van der Waals surface area contributed by atoms with Gasteiger partial charge in [0.05, 0.1) is 6.20 Å². The first-order valence-corrected chi connectivity index (χ1v) is 6.00. The first-order valence-electron chi connectivity index (χ1n) is 6.00. The highest BCUT2D eigenvalue weighted by Crippen LogP contribution is 2.21. The molecule has 0 aliphatic heterocycles. The fourth-order valence-electron chi connectivity index (χ4n) is 1.71. The molecule has 3 heteroatoms. The summed E-state index contributed by atoms with van der Waals surface area (Å²) in [6.45, 7) is 7.64. The van der Waals surface area contributed by atoms with Crippen molar-refractivity contribution >= 4 is 16.6 Å². The minimum absolute atomic E-state index is 0.338. The van der Waals surface area contributed by atoms with Crippen LogP contribution >= 0.6 is 0 Å². The number of hydrogen-bond acceptors (Lipinski definition) is 3. The lowest BCUT2D eigenvalue weighted by molar-refractivity contribution is 0.389. The summed E-state index contributed by atoms with van der Waals surface area (Å²) in [6.07, 6.45) is 2.90. The van der Waals surface area contributed by atoms with Gasteiger partial charge in [-0.2, -0.15) is 5.10 Å². The molecule has 1 aromatic carbocycles. The van der Waals surface area contributed by atoms with E-state index in [2.05, 4.69) is 48.4 Å². The van der Waals surface area contributed by atoms with Crippen LogP contribution in [0, 0.1) is 5.41 Å². The van der Waals surface area contributed by atoms with Crippen molar-refractivity contribution in [3.63, 3.8) is 0 Å². The Hall–Kier alpha value is -1.64. The fraction of sp³-hybridized carbons (Fsp3) is 0.429. The summed E-state index contributed by atoms with van der Waals surface area (Å²) < 4.78 is 0. The molecule has 90 valence electrons. The third-order valence-electron chi connectivity index (χ3n) is 2.74. The van der Waals surface area contributed by atoms with Crippen LogP contribution < -0.4 is 5.32 Å². The van der Waals surface area contributed by atoms with Gasteiger partial charge in [-0.1, -0.05) is 45.0 Å². The number of fused-ring (bicyclic) bond motifs is 1. The second kappa shape index (κ2) is 4.70. The van der Waals surface area contributed by atoms with Gasteiger partial charge in [0.25, 0.3) is 0 Å². The lowest BCUT2D eigenvalue weighted by Crippen LogP contribution is -2.13. The van der Waals surface area contributed by atoms with Crippen LogP contribution in [0.4, 0.5) is 5.82 Å². The standard InChI is InChI=1S/C14H19N3/c1-14(2,3)8-9-15-13-12-7-5-4-6-11(12)10-16-17-13/h4-7,10H,8-9H2,1-3H3,(H,15,17). The lowest BCUT2D eigenvalue weighted by Gasteiger charge is -2.18. The van der Waals surface area contributed by atoms with Gasteiger partial charge in [0.15, 0.2) is 5.82 Å². The van der Waals surface area contributed by atoms with E-state index in [1.807, 2.05) is 12.1 Å². The van der Waals surface area contributed by atoms with Crippen LogP contribution in [0.1, 0.15) is 27.2 Å². The van der Waals surface area contributed by atoms with Crippen molar-refractivity contribution < 1.29 is 0 Å². The van der Waals surface area contributed by atoms with Crippen LogP contribution in [-0.4, -0.2) is 16.7 Å². The lowest BCUT2D eigenvalue weighted by atomic mass is 9.92. The van der Waals surface area contributed by atoms with Gasteiger partial charge >= 0.3 is 0 Å². The molecule has 0 bridgehead atoms. The van der Waals surface area contributed by atoms with E-state index in [9.17, 15) is 0 Å². The first-order chi connectivity index (χ1) is 8.06. The minimum atomic E-state index is 0.338. The van der Waals surface area contributed by atoms with Crippen LogP contribution in [0.2, 0.25) is 0 Å². The average molecular weight is 229 g/mol. The Balaban J connectivity index is 2.13. The Bertz CT molecular complexity index is 495. The van der Waals surface area contributed by atoms with E-state index in [0.29, 0.717) is 5.41 Å². The molecule has 0 aliphatic rings. The number of nitrogens with zero attached hydrogens (tertiary/aromatic N) is 2. The number of rotatable bonds is 3. The maximum Gasteiger partial charge on any atom is 0.156 e. The molecule has 0 saturated carbocycles. The molecule has 0 unspecified atom stereocenters. The predicted octanol–water partition coefficient (Wildman–Crippen LogP) is 3.48. The number of aromatic nitrogens is 2. The summed E-state index contributed by atoms with van der Waals surface area (Å²) in [5.74, 6) is 0.882. The Kier molecular flexibility index (Phi) is 3.27. The largest absolute Gasteiger partial charge is 0.368 e.